The maximum atomic E-state index is 9.42. The van der Waals surface area contributed by atoms with Crippen LogP contribution in [-0.4, -0.2) is 45.2 Å². The van der Waals surface area contributed by atoms with Crippen molar-refractivity contribution in [1.29, 1.82) is 0 Å². The standard InChI is InChI=1S/2CH4O4S2.Ni/c2*2-6(3)1-7(4)5;/h2*1H2,(H,2,3)(H,4,5);/q;;+4/p-4. The third-order valence-corrected chi connectivity index (χ3v) is 3.46. The first-order valence-electron chi connectivity index (χ1n) is 2.49. The van der Waals surface area contributed by atoms with Gasteiger partial charge in [-0.3, -0.25) is 16.8 Å². The van der Waals surface area contributed by atoms with Crippen molar-refractivity contribution >= 4 is 44.3 Å². The zero-order valence-electron chi connectivity index (χ0n) is 6.63. The van der Waals surface area contributed by atoms with Gasteiger partial charge < -0.3 is 18.2 Å². The molecule has 0 spiro atoms. The van der Waals surface area contributed by atoms with Crippen LogP contribution in [0.5, 0.6) is 0 Å². The molecule has 8 nitrogen and oxygen atoms in total. The maximum Gasteiger partial charge on any atom is 4.00 e. The average molecular weight is 343 g/mol. The Morgan fingerprint density at radius 2 is 0.733 bits per heavy atom. The second-order valence-electron chi connectivity index (χ2n) is 1.45. The molecule has 4 unspecified atom stereocenters. The third-order valence-electron chi connectivity index (χ3n) is 0.385. The van der Waals surface area contributed by atoms with E-state index in [0.29, 0.717) is 0 Å². The first kappa shape index (κ1) is 21.2. The van der Waals surface area contributed by atoms with Crippen molar-refractivity contribution in [3.05, 3.63) is 0 Å². The molecular weight excluding hydrogens is 339 g/mol. The summed E-state index contributed by atoms with van der Waals surface area (Å²) in [5.41, 5.74) is 0. The van der Waals surface area contributed by atoms with E-state index < -0.39 is 54.5 Å². The quantitative estimate of drug-likeness (QED) is 0.397. The Kier molecular flexibility index (Phi) is 18.4. The van der Waals surface area contributed by atoms with Crippen molar-refractivity contribution < 1.29 is 51.5 Å². The zero-order valence-corrected chi connectivity index (χ0v) is 10.9. The molecule has 0 rings (SSSR count). The van der Waals surface area contributed by atoms with Crippen molar-refractivity contribution in [2.45, 2.75) is 0 Å². The van der Waals surface area contributed by atoms with E-state index >= 15 is 0 Å². The van der Waals surface area contributed by atoms with Crippen LogP contribution in [0.4, 0.5) is 0 Å². The van der Waals surface area contributed by atoms with Crippen molar-refractivity contribution in [2.24, 2.45) is 0 Å². The first-order chi connectivity index (χ1) is 6.25. The SMILES string of the molecule is O=S([O-])CS(=O)[O-].O=S([O-])CS(=O)[O-].[Ni+4]. The Bertz CT molecular complexity index is 203. The van der Waals surface area contributed by atoms with Gasteiger partial charge in [-0.05, 0) is 44.3 Å². The van der Waals surface area contributed by atoms with Crippen LogP contribution in [0.2, 0.25) is 0 Å². The van der Waals surface area contributed by atoms with Gasteiger partial charge in [-0.25, -0.2) is 0 Å². The Hall–Kier alpha value is 0.934. The molecular formula is C2H4NiO8S4. The van der Waals surface area contributed by atoms with Crippen molar-refractivity contribution in [1.82, 2.24) is 0 Å². The number of hydrogen-bond acceptors (Lipinski definition) is 8. The van der Waals surface area contributed by atoms with E-state index in [4.69, 9.17) is 0 Å². The van der Waals surface area contributed by atoms with Crippen molar-refractivity contribution in [3.8, 4) is 0 Å². The van der Waals surface area contributed by atoms with Crippen LogP contribution in [0.25, 0.3) is 0 Å². The molecule has 94 valence electrons. The molecule has 0 saturated heterocycles. The fourth-order valence-corrected chi connectivity index (χ4v) is 1.41. The van der Waals surface area contributed by atoms with Crippen LogP contribution in [-0.2, 0) is 60.8 Å². The molecule has 0 amide bonds. The zero-order chi connectivity index (χ0) is 11.7. The van der Waals surface area contributed by atoms with Gasteiger partial charge in [-0.15, -0.1) is 0 Å². The van der Waals surface area contributed by atoms with Crippen molar-refractivity contribution in [2.75, 3.05) is 10.2 Å². The van der Waals surface area contributed by atoms with Gasteiger partial charge in [-0.1, -0.05) is 0 Å². The summed E-state index contributed by atoms with van der Waals surface area (Å²) in [6.07, 6.45) is 0. The second kappa shape index (κ2) is 13.0. The van der Waals surface area contributed by atoms with Gasteiger partial charge in [0.2, 0.25) is 0 Å². The molecule has 0 bridgehead atoms. The van der Waals surface area contributed by atoms with Crippen LogP contribution in [0, 0.1) is 0 Å². The molecule has 0 aromatic heterocycles. The minimum atomic E-state index is -2.46. The van der Waals surface area contributed by atoms with Gasteiger partial charge in [0.25, 0.3) is 0 Å². The molecule has 0 aromatic carbocycles. The molecule has 0 aliphatic carbocycles. The predicted molar refractivity (Wildman–Crippen MR) is 45.4 cm³/mol. The Morgan fingerprint density at radius 1 is 0.600 bits per heavy atom. The average Bonchev–Trinajstić information content (AvgIpc) is 1.79. The van der Waals surface area contributed by atoms with Gasteiger partial charge in [0.1, 0.15) is 0 Å². The molecule has 0 heterocycles. The molecule has 0 radical (unpaired) electrons. The molecule has 0 saturated carbocycles. The molecule has 4 atom stereocenters. The molecule has 15 heavy (non-hydrogen) atoms. The van der Waals surface area contributed by atoms with Gasteiger partial charge in [0.15, 0.2) is 0 Å². The summed E-state index contributed by atoms with van der Waals surface area (Å²) in [4.78, 5) is 0. The summed E-state index contributed by atoms with van der Waals surface area (Å²) in [7, 11) is 0. The molecule has 0 aliphatic rings. The smallest absolute Gasteiger partial charge is 0.772 e. The summed E-state index contributed by atoms with van der Waals surface area (Å²) in [5, 5.41) is -1.61. The van der Waals surface area contributed by atoms with Gasteiger partial charge in [0, 0.05) is 0 Å². The number of rotatable bonds is 4. The Labute approximate surface area is 106 Å². The van der Waals surface area contributed by atoms with Crippen molar-refractivity contribution in [3.63, 3.8) is 0 Å². The third kappa shape index (κ3) is 31.3. The minimum absolute atomic E-state index is 0. The van der Waals surface area contributed by atoms with E-state index in [-0.39, 0.29) is 16.5 Å². The molecule has 0 aromatic rings. The van der Waals surface area contributed by atoms with Crippen LogP contribution in [0.3, 0.4) is 0 Å². The summed E-state index contributed by atoms with van der Waals surface area (Å²) in [5.74, 6) is 0. The van der Waals surface area contributed by atoms with Gasteiger partial charge >= 0.3 is 16.5 Å². The van der Waals surface area contributed by atoms with Gasteiger partial charge in [-0.2, -0.15) is 0 Å². The van der Waals surface area contributed by atoms with E-state index in [1.54, 1.807) is 0 Å². The van der Waals surface area contributed by atoms with Crippen LogP contribution in [0.1, 0.15) is 0 Å². The van der Waals surface area contributed by atoms with Crippen LogP contribution >= 0.6 is 0 Å². The van der Waals surface area contributed by atoms with E-state index in [1.807, 2.05) is 0 Å². The summed E-state index contributed by atoms with van der Waals surface area (Å²) in [6.45, 7) is 0. The Morgan fingerprint density at radius 3 is 0.733 bits per heavy atom. The van der Waals surface area contributed by atoms with Crippen LogP contribution < -0.4 is 0 Å². The topological polar surface area (TPSA) is 161 Å². The normalized spacial score (nSPS) is 17.3. The fourth-order valence-electron chi connectivity index (χ4n) is 0.157. The molecule has 13 heteroatoms. The van der Waals surface area contributed by atoms with Crippen LogP contribution in [0.15, 0.2) is 0 Å². The largest absolute Gasteiger partial charge is 4.00 e. The maximum absolute atomic E-state index is 9.42. The predicted octanol–water partition coefficient (Wildman–Crippen LogP) is -2.60. The molecule has 0 N–H and O–H groups in total. The van der Waals surface area contributed by atoms with E-state index in [2.05, 4.69) is 0 Å². The molecule has 0 fully saturated rings. The minimum Gasteiger partial charge on any atom is -0.772 e. The van der Waals surface area contributed by atoms with E-state index in [9.17, 15) is 35.0 Å². The summed E-state index contributed by atoms with van der Waals surface area (Å²) < 4.78 is 75.3. The summed E-state index contributed by atoms with van der Waals surface area (Å²) in [6, 6.07) is 0. The monoisotopic (exact) mass is 342 g/mol. The second-order valence-corrected chi connectivity index (χ2v) is 5.77. The Balaban J connectivity index is -0.000000180. The fraction of sp³-hybridized carbons (Fsp3) is 1.00. The van der Waals surface area contributed by atoms with E-state index in [1.165, 1.54) is 0 Å². The van der Waals surface area contributed by atoms with Gasteiger partial charge in [0.05, 0.1) is 10.2 Å². The van der Waals surface area contributed by atoms with E-state index in [0.717, 1.165) is 0 Å². The first-order valence-corrected chi connectivity index (χ1v) is 7.46. The molecule has 0 aliphatic heterocycles. The number of hydrogen-bond donors (Lipinski definition) is 0. The summed E-state index contributed by atoms with van der Waals surface area (Å²) >= 11 is -9.83.